The molecule has 1 saturated carbocycles. The Labute approximate surface area is 122 Å². The Morgan fingerprint density at radius 2 is 2.05 bits per heavy atom. The molecule has 0 bridgehead atoms. The van der Waals surface area contributed by atoms with Gasteiger partial charge in [0.05, 0.1) is 19.1 Å². The van der Waals surface area contributed by atoms with Gasteiger partial charge in [0, 0.05) is 19.6 Å². The Morgan fingerprint density at radius 3 is 2.71 bits per heavy atom. The van der Waals surface area contributed by atoms with E-state index in [1.165, 1.54) is 11.9 Å². The van der Waals surface area contributed by atoms with Crippen molar-refractivity contribution in [3.63, 3.8) is 0 Å². The molecule has 0 spiro atoms. The van der Waals surface area contributed by atoms with Crippen LogP contribution in [0.2, 0.25) is 0 Å². The average Bonchev–Trinajstić information content (AvgIpc) is 2.94. The van der Waals surface area contributed by atoms with Gasteiger partial charge < -0.3 is 25.4 Å². The minimum absolute atomic E-state index is 0.153. The maximum atomic E-state index is 12.3. The second-order valence-corrected chi connectivity index (χ2v) is 5.33. The maximum Gasteiger partial charge on any atom is 0.318 e. The molecule has 118 valence electrons. The smallest absolute Gasteiger partial charge is 0.318 e. The molecule has 1 heterocycles. The summed E-state index contributed by atoms with van der Waals surface area (Å²) in [5.41, 5.74) is 0. The van der Waals surface area contributed by atoms with E-state index in [0.29, 0.717) is 26.0 Å². The number of ether oxygens (including phenoxy) is 1. The van der Waals surface area contributed by atoms with Crippen molar-refractivity contribution in [1.29, 1.82) is 0 Å². The molecular formula is C13H21N3O5. The molecule has 0 aromatic carbocycles. The number of amides is 3. The van der Waals surface area contributed by atoms with Gasteiger partial charge in [-0.1, -0.05) is 6.42 Å². The molecule has 1 aliphatic heterocycles. The first-order valence-electron chi connectivity index (χ1n) is 7.14. The average molecular weight is 299 g/mol. The van der Waals surface area contributed by atoms with E-state index < -0.39 is 24.0 Å². The van der Waals surface area contributed by atoms with Crippen LogP contribution in [0, 0.1) is 5.92 Å². The van der Waals surface area contributed by atoms with Gasteiger partial charge in [0.15, 0.2) is 0 Å². The topological polar surface area (TPSA) is 108 Å². The quantitative estimate of drug-likeness (QED) is 0.644. The van der Waals surface area contributed by atoms with E-state index in [0.717, 1.165) is 6.42 Å². The van der Waals surface area contributed by atoms with Crippen LogP contribution in [0.1, 0.15) is 19.3 Å². The van der Waals surface area contributed by atoms with Crippen molar-refractivity contribution in [1.82, 2.24) is 15.5 Å². The molecule has 3 atom stereocenters. The van der Waals surface area contributed by atoms with Crippen molar-refractivity contribution in [2.45, 2.75) is 31.3 Å². The first kappa shape index (κ1) is 15.6. The number of nitrogens with zero attached hydrogens (tertiary/aromatic N) is 1. The fraction of sp³-hybridized carbons (Fsp3) is 0.769. The lowest BCUT2D eigenvalue weighted by atomic mass is 10.0. The maximum absolute atomic E-state index is 12.3. The lowest BCUT2D eigenvalue weighted by Gasteiger charge is -2.35. The van der Waals surface area contributed by atoms with E-state index in [4.69, 9.17) is 9.84 Å². The second-order valence-electron chi connectivity index (χ2n) is 5.33. The lowest BCUT2D eigenvalue weighted by Crippen LogP contribution is -2.59. The van der Waals surface area contributed by atoms with E-state index in [1.807, 2.05) is 0 Å². The van der Waals surface area contributed by atoms with Gasteiger partial charge in [-0.2, -0.15) is 0 Å². The molecule has 21 heavy (non-hydrogen) atoms. The van der Waals surface area contributed by atoms with E-state index in [1.54, 1.807) is 0 Å². The molecule has 0 radical (unpaired) electrons. The Balaban J connectivity index is 2.00. The number of carbonyl (C=O) groups is 3. The van der Waals surface area contributed by atoms with Crippen molar-refractivity contribution in [3.05, 3.63) is 0 Å². The fourth-order valence-electron chi connectivity index (χ4n) is 2.90. The minimum Gasteiger partial charge on any atom is -0.481 e. The van der Waals surface area contributed by atoms with E-state index in [2.05, 4.69) is 10.6 Å². The highest BCUT2D eigenvalue weighted by Crippen LogP contribution is 2.26. The molecule has 2 fully saturated rings. The normalized spacial score (nSPS) is 29.0. The van der Waals surface area contributed by atoms with Crippen LogP contribution in [0.3, 0.4) is 0 Å². The molecule has 1 aliphatic carbocycles. The van der Waals surface area contributed by atoms with Crippen LogP contribution in [-0.2, 0) is 14.3 Å². The molecule has 0 aromatic rings. The molecule has 3 N–H and O–H groups in total. The van der Waals surface area contributed by atoms with Gasteiger partial charge in [-0.3, -0.25) is 9.59 Å². The molecule has 8 nitrogen and oxygen atoms in total. The summed E-state index contributed by atoms with van der Waals surface area (Å²) in [7, 11) is 1.50. The van der Waals surface area contributed by atoms with Gasteiger partial charge in [-0.05, 0) is 12.8 Å². The van der Waals surface area contributed by atoms with Gasteiger partial charge in [0.1, 0.15) is 6.04 Å². The van der Waals surface area contributed by atoms with Crippen LogP contribution in [0.25, 0.3) is 0 Å². The predicted octanol–water partition coefficient (Wildman–Crippen LogP) is -0.604. The zero-order valence-corrected chi connectivity index (χ0v) is 12.0. The summed E-state index contributed by atoms with van der Waals surface area (Å²) >= 11 is 0. The zero-order chi connectivity index (χ0) is 15.4. The number of morpholine rings is 1. The standard InChI is InChI=1S/C13H21N3O5/c1-14-11(17)10-7-21-6-5-16(10)13(20)15-9-4-2-3-8(9)12(18)19/h8-10H,2-7H2,1H3,(H,14,17)(H,15,20)(H,18,19). The summed E-state index contributed by atoms with van der Waals surface area (Å²) in [5.74, 6) is -1.72. The Kier molecular flexibility index (Phi) is 5.00. The summed E-state index contributed by atoms with van der Waals surface area (Å²) in [5, 5.41) is 14.4. The van der Waals surface area contributed by atoms with Crippen molar-refractivity contribution in [3.8, 4) is 0 Å². The number of nitrogens with one attached hydrogen (secondary N) is 2. The van der Waals surface area contributed by atoms with Crippen molar-refractivity contribution in [2.24, 2.45) is 5.92 Å². The fourth-order valence-corrected chi connectivity index (χ4v) is 2.90. The first-order valence-corrected chi connectivity index (χ1v) is 7.14. The van der Waals surface area contributed by atoms with Crippen molar-refractivity contribution >= 4 is 17.9 Å². The molecular weight excluding hydrogens is 278 g/mol. The third kappa shape index (κ3) is 3.44. The van der Waals surface area contributed by atoms with Gasteiger partial charge in [-0.25, -0.2) is 4.79 Å². The second kappa shape index (κ2) is 6.75. The summed E-state index contributed by atoms with van der Waals surface area (Å²) in [6.45, 7) is 0.836. The summed E-state index contributed by atoms with van der Waals surface area (Å²) in [4.78, 5) is 36.7. The van der Waals surface area contributed by atoms with Crippen molar-refractivity contribution < 1.29 is 24.2 Å². The van der Waals surface area contributed by atoms with Gasteiger partial charge in [-0.15, -0.1) is 0 Å². The molecule has 1 saturated heterocycles. The molecule has 3 unspecified atom stereocenters. The monoisotopic (exact) mass is 299 g/mol. The molecule has 2 rings (SSSR count). The molecule has 0 aromatic heterocycles. The van der Waals surface area contributed by atoms with Gasteiger partial charge >= 0.3 is 12.0 Å². The number of rotatable bonds is 3. The summed E-state index contributed by atoms with van der Waals surface area (Å²) < 4.78 is 5.24. The van der Waals surface area contributed by atoms with Gasteiger partial charge in [0.2, 0.25) is 5.91 Å². The third-order valence-corrected chi connectivity index (χ3v) is 4.08. The lowest BCUT2D eigenvalue weighted by molar-refractivity contribution is -0.142. The summed E-state index contributed by atoms with van der Waals surface area (Å²) in [6.07, 6.45) is 2.00. The first-order chi connectivity index (χ1) is 10.0. The van der Waals surface area contributed by atoms with Crippen LogP contribution >= 0.6 is 0 Å². The predicted molar refractivity (Wildman–Crippen MR) is 72.7 cm³/mol. The van der Waals surface area contributed by atoms with E-state index in [9.17, 15) is 14.4 Å². The van der Waals surface area contributed by atoms with Crippen LogP contribution in [0.5, 0.6) is 0 Å². The van der Waals surface area contributed by atoms with Crippen LogP contribution in [-0.4, -0.2) is 66.8 Å². The number of carbonyl (C=O) groups excluding carboxylic acids is 2. The number of hydrogen-bond acceptors (Lipinski definition) is 4. The van der Waals surface area contributed by atoms with E-state index in [-0.39, 0.29) is 18.6 Å². The largest absolute Gasteiger partial charge is 0.481 e. The number of likely N-dealkylation sites (N-methyl/N-ethyl adjacent to an activating group) is 1. The highest BCUT2D eigenvalue weighted by atomic mass is 16.5. The Bertz CT molecular complexity index is 428. The van der Waals surface area contributed by atoms with Crippen molar-refractivity contribution in [2.75, 3.05) is 26.8 Å². The molecule has 2 aliphatic rings. The van der Waals surface area contributed by atoms with Crippen LogP contribution in [0.15, 0.2) is 0 Å². The highest BCUT2D eigenvalue weighted by Gasteiger charge is 2.37. The Hall–Kier alpha value is -1.83. The third-order valence-electron chi connectivity index (χ3n) is 4.08. The summed E-state index contributed by atoms with van der Waals surface area (Å²) in [6, 6.07) is -1.44. The van der Waals surface area contributed by atoms with Crippen LogP contribution < -0.4 is 10.6 Å². The Morgan fingerprint density at radius 1 is 1.29 bits per heavy atom. The number of carboxylic acids is 1. The number of hydrogen-bond donors (Lipinski definition) is 3. The minimum atomic E-state index is -0.886. The highest BCUT2D eigenvalue weighted by molar-refractivity contribution is 5.87. The SMILES string of the molecule is CNC(=O)C1COCCN1C(=O)NC1CCCC1C(=O)O. The molecule has 8 heteroatoms. The molecule has 3 amide bonds. The van der Waals surface area contributed by atoms with Gasteiger partial charge in [0.25, 0.3) is 0 Å². The van der Waals surface area contributed by atoms with E-state index >= 15 is 0 Å². The van der Waals surface area contributed by atoms with Crippen LogP contribution in [0.4, 0.5) is 4.79 Å². The number of urea groups is 1. The number of aliphatic carboxylic acids is 1. The number of carboxylic acid groups (broad SMARTS) is 1. The zero-order valence-electron chi connectivity index (χ0n) is 12.0.